The van der Waals surface area contributed by atoms with E-state index in [0.717, 1.165) is 54.7 Å². The highest BCUT2D eigenvalue weighted by Gasteiger charge is 2.60. The van der Waals surface area contributed by atoms with Gasteiger partial charge in [-0.2, -0.15) is 0 Å². The Kier molecular flexibility index (Phi) is 6.43. The zero-order valence-electron chi connectivity index (χ0n) is 20.2. The Balaban J connectivity index is 1.27. The fourth-order valence-corrected chi connectivity index (χ4v) is 7.52. The van der Waals surface area contributed by atoms with Crippen molar-refractivity contribution in [1.29, 1.82) is 0 Å². The molecule has 1 amide bonds. The van der Waals surface area contributed by atoms with Gasteiger partial charge in [-0.1, -0.05) is 24.3 Å². The minimum atomic E-state index is -0.530. The standard InChI is InChI=1S/C28H32ClNO5/c1-33-22-7-3-20(4-8-22)25(21-5-9-23(34-2)10-6-21)30-24(31)16-35-26(32)27-12-18-11-19(13-27)15-28(29,14-18)17-27/h3-10,18-19,25H,11-17H2,1-2H3,(H,30,31). The van der Waals surface area contributed by atoms with E-state index in [0.29, 0.717) is 18.3 Å². The van der Waals surface area contributed by atoms with Gasteiger partial charge >= 0.3 is 5.97 Å². The van der Waals surface area contributed by atoms with E-state index in [2.05, 4.69) is 5.32 Å². The third kappa shape index (κ3) is 4.86. The molecule has 2 unspecified atom stereocenters. The molecule has 0 heterocycles. The van der Waals surface area contributed by atoms with Gasteiger partial charge in [-0.25, -0.2) is 0 Å². The molecule has 2 atom stereocenters. The summed E-state index contributed by atoms with van der Waals surface area (Å²) in [6.07, 6.45) is 5.47. The van der Waals surface area contributed by atoms with Gasteiger partial charge in [-0.15, -0.1) is 11.6 Å². The lowest BCUT2D eigenvalue weighted by molar-refractivity contribution is -0.171. The molecule has 4 aliphatic rings. The Labute approximate surface area is 211 Å². The summed E-state index contributed by atoms with van der Waals surface area (Å²) < 4.78 is 16.2. The molecule has 1 N–H and O–H groups in total. The summed E-state index contributed by atoms with van der Waals surface area (Å²) in [6.45, 7) is -0.311. The first-order chi connectivity index (χ1) is 16.8. The van der Waals surface area contributed by atoms with Crippen molar-refractivity contribution in [2.45, 2.75) is 49.4 Å². The lowest BCUT2D eigenvalue weighted by Crippen LogP contribution is -2.56. The van der Waals surface area contributed by atoms with Crippen LogP contribution in [-0.2, 0) is 14.3 Å². The fourth-order valence-electron chi connectivity index (χ4n) is 6.83. The summed E-state index contributed by atoms with van der Waals surface area (Å²) in [5.41, 5.74) is 1.25. The molecule has 0 spiro atoms. The minimum absolute atomic E-state index is 0.266. The topological polar surface area (TPSA) is 73.9 Å². The number of hydrogen-bond acceptors (Lipinski definition) is 5. The molecule has 0 aliphatic heterocycles. The van der Waals surface area contributed by atoms with Gasteiger partial charge in [-0.05, 0) is 85.8 Å². The third-order valence-corrected chi connectivity index (χ3v) is 8.40. The number of carbonyl (C=O) groups is 2. The molecule has 35 heavy (non-hydrogen) atoms. The molecule has 4 saturated carbocycles. The molecule has 0 aromatic heterocycles. The van der Waals surface area contributed by atoms with Crippen molar-refractivity contribution in [3.63, 3.8) is 0 Å². The molecule has 0 saturated heterocycles. The van der Waals surface area contributed by atoms with Crippen molar-refractivity contribution in [2.75, 3.05) is 20.8 Å². The van der Waals surface area contributed by atoms with Crippen LogP contribution in [0.4, 0.5) is 0 Å². The molecule has 7 heteroatoms. The van der Waals surface area contributed by atoms with Crippen LogP contribution in [-0.4, -0.2) is 37.6 Å². The zero-order valence-corrected chi connectivity index (χ0v) is 21.0. The van der Waals surface area contributed by atoms with Crippen LogP contribution in [0, 0.1) is 17.3 Å². The maximum absolute atomic E-state index is 13.2. The normalized spacial score (nSPS) is 28.6. The van der Waals surface area contributed by atoms with Crippen LogP contribution in [0.25, 0.3) is 0 Å². The average Bonchev–Trinajstić information content (AvgIpc) is 2.84. The van der Waals surface area contributed by atoms with Crippen LogP contribution in [0.15, 0.2) is 48.5 Å². The van der Waals surface area contributed by atoms with Crippen LogP contribution < -0.4 is 14.8 Å². The number of methoxy groups -OCH3 is 2. The van der Waals surface area contributed by atoms with E-state index in [4.69, 9.17) is 25.8 Å². The summed E-state index contributed by atoms with van der Waals surface area (Å²) in [6, 6.07) is 14.7. The Morgan fingerprint density at radius 3 is 1.89 bits per heavy atom. The molecule has 4 fully saturated rings. The van der Waals surface area contributed by atoms with Crippen LogP contribution in [0.5, 0.6) is 11.5 Å². The van der Waals surface area contributed by atoms with E-state index >= 15 is 0 Å². The molecule has 2 aromatic rings. The van der Waals surface area contributed by atoms with E-state index in [9.17, 15) is 9.59 Å². The Hall–Kier alpha value is -2.73. The molecule has 0 radical (unpaired) electrons. The van der Waals surface area contributed by atoms with Gasteiger partial charge in [0.05, 0.1) is 25.7 Å². The average molecular weight is 498 g/mol. The highest BCUT2D eigenvalue weighted by Crippen LogP contribution is 2.64. The summed E-state index contributed by atoms with van der Waals surface area (Å²) >= 11 is 6.87. The summed E-state index contributed by atoms with van der Waals surface area (Å²) in [7, 11) is 3.23. The first kappa shape index (κ1) is 24.0. The van der Waals surface area contributed by atoms with Gasteiger partial charge in [0, 0.05) is 4.87 Å². The predicted molar refractivity (Wildman–Crippen MR) is 133 cm³/mol. The number of rotatable bonds is 8. The molecule has 2 aromatic carbocycles. The second-order valence-electron chi connectivity index (χ2n) is 10.5. The number of ether oxygens (including phenoxy) is 3. The second kappa shape index (κ2) is 9.38. The predicted octanol–water partition coefficient (Wildman–Crippen LogP) is 5.03. The lowest BCUT2D eigenvalue weighted by atomic mass is 9.49. The number of halogens is 1. The zero-order chi connectivity index (χ0) is 24.6. The number of benzene rings is 2. The summed E-state index contributed by atoms with van der Waals surface area (Å²) in [5, 5.41) is 3.04. The van der Waals surface area contributed by atoms with Crippen LogP contribution in [0.2, 0.25) is 0 Å². The molecular weight excluding hydrogens is 466 g/mol. The second-order valence-corrected chi connectivity index (χ2v) is 11.3. The molecule has 4 bridgehead atoms. The number of hydrogen-bond donors (Lipinski definition) is 1. The van der Waals surface area contributed by atoms with Gasteiger partial charge in [0.2, 0.25) is 0 Å². The molecule has 186 valence electrons. The van der Waals surface area contributed by atoms with E-state index < -0.39 is 11.5 Å². The largest absolute Gasteiger partial charge is 0.497 e. The lowest BCUT2D eigenvalue weighted by Gasteiger charge is -2.58. The summed E-state index contributed by atoms with van der Waals surface area (Å²) in [5.74, 6) is 1.83. The third-order valence-electron chi connectivity index (χ3n) is 7.96. The van der Waals surface area contributed by atoms with E-state index in [1.807, 2.05) is 48.5 Å². The first-order valence-electron chi connectivity index (χ1n) is 12.2. The number of carbonyl (C=O) groups excluding carboxylic acids is 2. The smallest absolute Gasteiger partial charge is 0.312 e. The van der Waals surface area contributed by atoms with Gasteiger partial charge in [0.1, 0.15) is 11.5 Å². The monoisotopic (exact) mass is 497 g/mol. The van der Waals surface area contributed by atoms with Crippen LogP contribution in [0.3, 0.4) is 0 Å². The van der Waals surface area contributed by atoms with Crippen molar-refractivity contribution < 1.29 is 23.8 Å². The minimum Gasteiger partial charge on any atom is -0.497 e. The SMILES string of the molecule is COc1ccc(C(NC(=O)COC(=O)C23CC4CC(CC(Cl)(C4)C2)C3)c2ccc(OC)cc2)cc1. The number of amides is 1. The van der Waals surface area contributed by atoms with E-state index in [1.54, 1.807) is 14.2 Å². The van der Waals surface area contributed by atoms with Crippen LogP contribution in [0.1, 0.15) is 55.7 Å². The van der Waals surface area contributed by atoms with E-state index in [1.165, 1.54) is 0 Å². The number of nitrogens with one attached hydrogen (secondary N) is 1. The highest BCUT2D eigenvalue weighted by molar-refractivity contribution is 6.24. The van der Waals surface area contributed by atoms with Gasteiger partial charge in [-0.3, -0.25) is 9.59 Å². The van der Waals surface area contributed by atoms with Crippen molar-refractivity contribution >= 4 is 23.5 Å². The van der Waals surface area contributed by atoms with Crippen molar-refractivity contribution in [2.24, 2.45) is 17.3 Å². The van der Waals surface area contributed by atoms with Gasteiger partial charge < -0.3 is 19.5 Å². The van der Waals surface area contributed by atoms with Crippen molar-refractivity contribution in [1.82, 2.24) is 5.32 Å². The van der Waals surface area contributed by atoms with E-state index in [-0.39, 0.29) is 23.4 Å². The Morgan fingerprint density at radius 2 is 1.43 bits per heavy atom. The quantitative estimate of drug-likeness (QED) is 0.409. The highest BCUT2D eigenvalue weighted by atomic mass is 35.5. The molecule has 4 aliphatic carbocycles. The van der Waals surface area contributed by atoms with Crippen molar-refractivity contribution in [3.8, 4) is 11.5 Å². The first-order valence-corrected chi connectivity index (χ1v) is 12.6. The van der Waals surface area contributed by atoms with Crippen molar-refractivity contribution in [3.05, 3.63) is 59.7 Å². The van der Waals surface area contributed by atoms with Crippen LogP contribution >= 0.6 is 11.6 Å². The maximum atomic E-state index is 13.2. The van der Waals surface area contributed by atoms with Gasteiger partial charge in [0.15, 0.2) is 6.61 Å². The number of esters is 1. The molecule has 6 rings (SSSR count). The molecule has 6 nitrogen and oxygen atoms in total. The van der Waals surface area contributed by atoms with Gasteiger partial charge in [0.25, 0.3) is 5.91 Å². The number of alkyl halides is 1. The summed E-state index contributed by atoms with van der Waals surface area (Å²) in [4.78, 5) is 25.9. The Bertz CT molecular complexity index is 1020. The fraction of sp³-hybridized carbons (Fsp3) is 0.500. The maximum Gasteiger partial charge on any atom is 0.312 e. The Morgan fingerprint density at radius 1 is 0.914 bits per heavy atom. The molecular formula is C28H32ClNO5.